The van der Waals surface area contributed by atoms with Crippen molar-refractivity contribution in [1.29, 1.82) is 0 Å². The predicted octanol–water partition coefficient (Wildman–Crippen LogP) is 3.68. The molecular weight excluding hydrogens is 296 g/mol. The molecule has 116 valence electrons. The molecule has 0 radical (unpaired) electrons. The first kappa shape index (κ1) is 14.9. The fourth-order valence-corrected chi connectivity index (χ4v) is 3.37. The molecule has 4 nitrogen and oxygen atoms in total. The van der Waals surface area contributed by atoms with Crippen LogP contribution in [0.25, 0.3) is 0 Å². The third-order valence-electron chi connectivity index (χ3n) is 3.77. The summed E-state index contributed by atoms with van der Waals surface area (Å²) in [6.07, 6.45) is 2.27. The highest BCUT2D eigenvalue weighted by atomic mass is 32.2. The molecule has 1 aliphatic rings. The van der Waals surface area contributed by atoms with E-state index in [1.807, 2.05) is 26.0 Å². The largest absolute Gasteiger partial charge is 0.380 e. The molecular formula is C17H20N2O2S. The van der Waals surface area contributed by atoms with Gasteiger partial charge in [0.25, 0.3) is 10.0 Å². The lowest BCUT2D eigenvalue weighted by molar-refractivity contribution is 0.601. The van der Waals surface area contributed by atoms with Gasteiger partial charge < -0.3 is 5.32 Å². The molecule has 0 spiro atoms. The summed E-state index contributed by atoms with van der Waals surface area (Å²) in [7, 11) is -3.57. The molecule has 1 fully saturated rings. The molecule has 0 atom stereocenters. The highest BCUT2D eigenvalue weighted by molar-refractivity contribution is 7.92. The van der Waals surface area contributed by atoms with Crippen molar-refractivity contribution in [2.24, 2.45) is 0 Å². The molecule has 22 heavy (non-hydrogen) atoms. The number of sulfonamides is 1. The summed E-state index contributed by atoms with van der Waals surface area (Å²) in [6.45, 7) is 3.91. The van der Waals surface area contributed by atoms with Crippen molar-refractivity contribution in [3.8, 4) is 0 Å². The molecule has 1 aliphatic carbocycles. The van der Waals surface area contributed by atoms with Gasteiger partial charge in [-0.1, -0.05) is 29.8 Å². The minimum atomic E-state index is -3.57. The fraction of sp³-hybridized carbons (Fsp3) is 0.294. The first-order valence-corrected chi connectivity index (χ1v) is 8.90. The molecule has 0 unspecified atom stereocenters. The third-order valence-corrected chi connectivity index (χ3v) is 5.16. The number of hydrogen-bond acceptors (Lipinski definition) is 3. The predicted molar refractivity (Wildman–Crippen MR) is 89.8 cm³/mol. The van der Waals surface area contributed by atoms with Gasteiger partial charge in [0, 0.05) is 6.04 Å². The van der Waals surface area contributed by atoms with Gasteiger partial charge in [-0.2, -0.15) is 0 Å². The molecule has 0 saturated heterocycles. The lowest BCUT2D eigenvalue weighted by Crippen LogP contribution is -2.15. The van der Waals surface area contributed by atoms with Crippen LogP contribution < -0.4 is 10.0 Å². The topological polar surface area (TPSA) is 58.2 Å². The maximum absolute atomic E-state index is 12.5. The Labute approximate surface area is 131 Å². The van der Waals surface area contributed by atoms with Gasteiger partial charge in [-0.3, -0.25) is 4.72 Å². The Morgan fingerprint density at radius 2 is 1.68 bits per heavy atom. The zero-order valence-corrected chi connectivity index (χ0v) is 13.6. The van der Waals surface area contributed by atoms with Crippen LogP contribution in [0.3, 0.4) is 0 Å². The Morgan fingerprint density at radius 3 is 2.32 bits per heavy atom. The average Bonchev–Trinajstić information content (AvgIpc) is 3.27. The summed E-state index contributed by atoms with van der Waals surface area (Å²) in [5.41, 5.74) is 3.55. The molecule has 0 bridgehead atoms. The second kappa shape index (κ2) is 5.65. The smallest absolute Gasteiger partial charge is 0.261 e. The van der Waals surface area contributed by atoms with Gasteiger partial charge in [0.15, 0.2) is 0 Å². The van der Waals surface area contributed by atoms with Gasteiger partial charge in [-0.05, 0) is 50.5 Å². The minimum absolute atomic E-state index is 0.275. The Bertz CT molecular complexity index is 779. The number of hydrogen-bond donors (Lipinski definition) is 2. The summed E-state index contributed by atoms with van der Waals surface area (Å²) < 4.78 is 27.8. The van der Waals surface area contributed by atoms with Crippen LogP contribution in [0.1, 0.15) is 24.0 Å². The summed E-state index contributed by atoms with van der Waals surface area (Å²) >= 11 is 0. The van der Waals surface area contributed by atoms with E-state index in [9.17, 15) is 8.42 Å². The molecule has 0 amide bonds. The van der Waals surface area contributed by atoms with E-state index >= 15 is 0 Å². The summed E-state index contributed by atoms with van der Waals surface area (Å²) in [5, 5.41) is 3.41. The first-order chi connectivity index (χ1) is 10.5. The van der Waals surface area contributed by atoms with Crippen molar-refractivity contribution >= 4 is 21.4 Å². The van der Waals surface area contributed by atoms with Crippen LogP contribution in [-0.2, 0) is 10.0 Å². The lowest BCUT2D eigenvalue weighted by atomic mass is 10.1. The normalized spacial score (nSPS) is 14.6. The van der Waals surface area contributed by atoms with Gasteiger partial charge in [-0.25, -0.2) is 8.42 Å². The zero-order valence-electron chi connectivity index (χ0n) is 12.8. The van der Waals surface area contributed by atoms with Gasteiger partial charge in [0.05, 0.1) is 16.3 Å². The number of anilines is 2. The van der Waals surface area contributed by atoms with E-state index in [0.29, 0.717) is 11.7 Å². The van der Waals surface area contributed by atoms with Gasteiger partial charge >= 0.3 is 0 Å². The van der Waals surface area contributed by atoms with Crippen molar-refractivity contribution in [2.45, 2.75) is 37.6 Å². The third kappa shape index (κ3) is 3.25. The molecule has 2 aromatic carbocycles. The molecule has 5 heteroatoms. The van der Waals surface area contributed by atoms with Gasteiger partial charge in [-0.15, -0.1) is 0 Å². The molecule has 2 N–H and O–H groups in total. The highest BCUT2D eigenvalue weighted by Gasteiger charge is 2.24. The monoisotopic (exact) mass is 316 g/mol. The second-order valence-electron chi connectivity index (χ2n) is 5.83. The van der Waals surface area contributed by atoms with E-state index < -0.39 is 10.0 Å². The van der Waals surface area contributed by atoms with Crippen LogP contribution in [0.4, 0.5) is 11.4 Å². The van der Waals surface area contributed by atoms with E-state index in [1.54, 1.807) is 30.3 Å². The lowest BCUT2D eigenvalue weighted by Gasteiger charge is -2.16. The minimum Gasteiger partial charge on any atom is -0.380 e. The Morgan fingerprint density at radius 1 is 1.00 bits per heavy atom. The molecule has 2 aromatic rings. The number of nitrogens with one attached hydrogen (secondary N) is 2. The highest BCUT2D eigenvalue weighted by Crippen LogP contribution is 2.33. The van der Waals surface area contributed by atoms with E-state index in [4.69, 9.17) is 0 Å². The maximum Gasteiger partial charge on any atom is 0.261 e. The average molecular weight is 316 g/mol. The van der Waals surface area contributed by atoms with Crippen LogP contribution in [0, 0.1) is 13.8 Å². The van der Waals surface area contributed by atoms with E-state index in [0.717, 1.165) is 29.7 Å². The van der Waals surface area contributed by atoms with Crippen LogP contribution >= 0.6 is 0 Å². The van der Waals surface area contributed by atoms with Crippen molar-refractivity contribution in [1.82, 2.24) is 0 Å². The SMILES string of the molecule is Cc1ccc(S(=O)(=O)Nc2cccc(C)c2NC2CC2)cc1. The van der Waals surface area contributed by atoms with Crippen LogP contribution in [0.2, 0.25) is 0 Å². The Kier molecular flexibility index (Phi) is 3.83. The van der Waals surface area contributed by atoms with Crippen LogP contribution in [-0.4, -0.2) is 14.5 Å². The Hall–Kier alpha value is -2.01. The molecule has 3 rings (SSSR count). The summed E-state index contributed by atoms with van der Waals surface area (Å²) in [5.74, 6) is 0. The van der Waals surface area contributed by atoms with E-state index in [2.05, 4.69) is 10.0 Å². The zero-order chi connectivity index (χ0) is 15.7. The number of aryl methyl sites for hydroxylation is 2. The van der Waals surface area contributed by atoms with Crippen LogP contribution in [0.5, 0.6) is 0 Å². The summed E-state index contributed by atoms with van der Waals surface area (Å²) in [4.78, 5) is 0.275. The van der Waals surface area contributed by atoms with Crippen molar-refractivity contribution in [3.05, 3.63) is 53.6 Å². The quantitative estimate of drug-likeness (QED) is 0.884. The molecule has 0 aromatic heterocycles. The van der Waals surface area contributed by atoms with Crippen molar-refractivity contribution < 1.29 is 8.42 Å². The maximum atomic E-state index is 12.5. The molecule has 0 heterocycles. The fourth-order valence-electron chi connectivity index (χ4n) is 2.30. The van der Waals surface area contributed by atoms with E-state index in [1.165, 1.54) is 0 Å². The standard InChI is InChI=1S/C17H20N2O2S/c1-12-6-10-15(11-7-12)22(20,21)19-16-5-3-4-13(2)17(16)18-14-8-9-14/h3-7,10-11,14,18-19H,8-9H2,1-2H3. The number of rotatable bonds is 5. The first-order valence-electron chi connectivity index (χ1n) is 7.41. The number of benzene rings is 2. The van der Waals surface area contributed by atoms with Gasteiger partial charge in [0.2, 0.25) is 0 Å². The van der Waals surface area contributed by atoms with Gasteiger partial charge in [0.1, 0.15) is 0 Å². The molecule has 1 saturated carbocycles. The van der Waals surface area contributed by atoms with Crippen LogP contribution in [0.15, 0.2) is 47.4 Å². The van der Waals surface area contributed by atoms with Crippen molar-refractivity contribution in [3.63, 3.8) is 0 Å². The van der Waals surface area contributed by atoms with Crippen molar-refractivity contribution in [2.75, 3.05) is 10.0 Å². The number of para-hydroxylation sites is 1. The Balaban J connectivity index is 1.91. The van der Waals surface area contributed by atoms with E-state index in [-0.39, 0.29) is 4.90 Å². The molecule has 0 aliphatic heterocycles. The summed E-state index contributed by atoms with van der Waals surface area (Å²) in [6, 6.07) is 13.0. The second-order valence-corrected chi connectivity index (χ2v) is 7.52.